The van der Waals surface area contributed by atoms with E-state index in [1.807, 2.05) is 0 Å². The van der Waals surface area contributed by atoms with E-state index in [2.05, 4.69) is 44.1 Å². The van der Waals surface area contributed by atoms with E-state index < -0.39 is 54.9 Å². The molecule has 1 aromatic carbocycles. The van der Waals surface area contributed by atoms with Gasteiger partial charge in [0.2, 0.25) is 0 Å². The Morgan fingerprint density at radius 1 is 1.13 bits per heavy atom. The highest BCUT2D eigenvalue weighted by Crippen LogP contribution is 2.39. The summed E-state index contributed by atoms with van der Waals surface area (Å²) in [5.41, 5.74) is -0.346. The highest BCUT2D eigenvalue weighted by Gasteiger charge is 2.36. The van der Waals surface area contributed by atoms with Crippen molar-refractivity contribution >= 4 is 49.6 Å². The van der Waals surface area contributed by atoms with Gasteiger partial charge < -0.3 is 22.4 Å². The molecule has 39 heavy (non-hydrogen) atoms. The van der Waals surface area contributed by atoms with E-state index in [-0.39, 0.29) is 42.2 Å². The normalized spacial score (nSPS) is 14.9. The van der Waals surface area contributed by atoms with Crippen LogP contribution >= 0.6 is 0 Å². The smallest absolute Gasteiger partial charge is 0.493 e. The van der Waals surface area contributed by atoms with Gasteiger partial charge in [0, 0.05) is 12.8 Å². The molecule has 0 bridgehead atoms. The van der Waals surface area contributed by atoms with Gasteiger partial charge in [-0.2, -0.15) is 0 Å². The Balaban J connectivity index is 2.07. The monoisotopic (exact) mass is 601 g/mol. The average molecular weight is 602 g/mol. The van der Waals surface area contributed by atoms with Crippen LogP contribution in [0.25, 0.3) is 0 Å². The lowest BCUT2D eigenvalue weighted by molar-refractivity contribution is -0.386. The maximum Gasteiger partial charge on any atom is 0.534 e. The van der Waals surface area contributed by atoms with Crippen molar-refractivity contribution < 1.29 is 46.6 Å². The second-order valence-electron chi connectivity index (χ2n) is 10.2. The van der Waals surface area contributed by atoms with E-state index in [1.165, 1.54) is 26.2 Å². The van der Waals surface area contributed by atoms with Crippen LogP contribution in [0.5, 0.6) is 11.5 Å². The van der Waals surface area contributed by atoms with Crippen molar-refractivity contribution in [1.29, 1.82) is 0 Å². The molecule has 217 valence electrons. The Morgan fingerprint density at radius 2 is 1.74 bits per heavy atom. The van der Waals surface area contributed by atoms with Gasteiger partial charge in [0.15, 0.2) is 28.9 Å². The van der Waals surface area contributed by atoms with E-state index in [1.54, 1.807) is 0 Å². The third-order valence-electron chi connectivity index (χ3n) is 5.54. The lowest BCUT2D eigenvalue weighted by Gasteiger charge is -2.34. The molecule has 1 fully saturated rings. The minimum absolute atomic E-state index is 0.0158. The highest BCUT2D eigenvalue weighted by atomic mass is 28.5. The Bertz CT molecular complexity index is 1070. The van der Waals surface area contributed by atoms with Crippen LogP contribution in [0.3, 0.4) is 0 Å². The Labute approximate surface area is 231 Å². The number of carbonyl (C=O) groups is 3. The van der Waals surface area contributed by atoms with E-state index in [0.29, 0.717) is 11.5 Å². The largest absolute Gasteiger partial charge is 0.534 e. The first-order valence-electron chi connectivity index (χ1n) is 12.5. The average Bonchev–Trinajstić information content (AvgIpc) is 3.11. The molecule has 2 rings (SSSR count). The van der Waals surface area contributed by atoms with Crippen LogP contribution in [0.1, 0.15) is 37.9 Å². The second-order valence-corrected chi connectivity index (χ2v) is 20.5. The molecule has 1 aliphatic heterocycles. The third kappa shape index (κ3) is 9.71. The Hall–Kier alpha value is -2.80. The number of rotatable bonds is 14. The fraction of sp³-hybridized carbons (Fsp3) is 0.609. The number of amides is 2. The first kappa shape index (κ1) is 32.4. The number of nitro groups is 1. The molecule has 0 aromatic heterocycles. The SMILES string of the molecule is COc1cc(C(C)OC(=O)ON2C(=O)CCC2=O)c([N+](=O)[O-])cc1OCCC[Si](C)(C)O[Si](C)(C)O[Si](C)C. The molecule has 0 aliphatic carbocycles. The molecule has 2 amide bonds. The minimum atomic E-state index is -2.22. The first-order valence-corrected chi connectivity index (χ1v) is 20.8. The zero-order valence-corrected chi connectivity index (χ0v) is 26.7. The Kier molecular flexibility index (Phi) is 11.2. The number of carbonyl (C=O) groups excluding carboxylic acids is 3. The maximum atomic E-state index is 12.1. The van der Waals surface area contributed by atoms with Gasteiger partial charge in [0.1, 0.15) is 6.10 Å². The molecule has 13 nitrogen and oxygen atoms in total. The number of nitro benzene ring substituents is 1. The van der Waals surface area contributed by atoms with Crippen molar-refractivity contribution in [3.8, 4) is 11.5 Å². The van der Waals surface area contributed by atoms with Crippen molar-refractivity contribution in [1.82, 2.24) is 5.06 Å². The molecule has 1 unspecified atom stereocenters. The van der Waals surface area contributed by atoms with E-state index >= 15 is 0 Å². The summed E-state index contributed by atoms with van der Waals surface area (Å²) in [6.45, 7) is 14.2. The van der Waals surface area contributed by atoms with E-state index in [9.17, 15) is 24.5 Å². The summed E-state index contributed by atoms with van der Waals surface area (Å²) < 4.78 is 28.8. The number of hydrogen-bond donors (Lipinski definition) is 0. The minimum Gasteiger partial charge on any atom is -0.493 e. The molecule has 1 aliphatic rings. The summed E-state index contributed by atoms with van der Waals surface area (Å²) in [4.78, 5) is 51.3. The van der Waals surface area contributed by atoms with Gasteiger partial charge in [0.05, 0.1) is 30.3 Å². The predicted octanol–water partition coefficient (Wildman–Crippen LogP) is 4.84. The molecule has 16 heteroatoms. The van der Waals surface area contributed by atoms with Crippen LogP contribution < -0.4 is 9.47 Å². The van der Waals surface area contributed by atoms with Crippen molar-refractivity contribution in [3.05, 3.63) is 27.8 Å². The highest BCUT2D eigenvalue weighted by molar-refractivity contribution is 6.84. The van der Waals surface area contributed by atoms with Gasteiger partial charge in [0.25, 0.3) is 17.5 Å². The number of hydrogen-bond acceptors (Lipinski definition) is 11. The maximum absolute atomic E-state index is 12.1. The van der Waals surface area contributed by atoms with Crippen molar-refractivity contribution in [2.24, 2.45) is 0 Å². The van der Waals surface area contributed by atoms with E-state index in [0.717, 1.165) is 6.04 Å². The molecule has 1 saturated heterocycles. The number of methoxy groups -OCH3 is 1. The fourth-order valence-corrected chi connectivity index (χ4v) is 15.4. The van der Waals surface area contributed by atoms with Crippen LogP contribution in [0.2, 0.25) is 45.3 Å². The summed E-state index contributed by atoms with van der Waals surface area (Å²) >= 11 is 0. The summed E-state index contributed by atoms with van der Waals surface area (Å²) in [5, 5.41) is 12.2. The lowest BCUT2D eigenvalue weighted by Crippen LogP contribution is -2.48. The zero-order chi connectivity index (χ0) is 29.5. The number of ether oxygens (including phenoxy) is 3. The molecule has 1 aromatic rings. The number of imide groups is 1. The summed E-state index contributed by atoms with van der Waals surface area (Å²) in [5.74, 6) is -0.974. The number of nitrogens with zero attached hydrogens (tertiary/aromatic N) is 2. The van der Waals surface area contributed by atoms with Gasteiger partial charge in [-0.25, -0.2) is 4.79 Å². The van der Waals surface area contributed by atoms with Gasteiger partial charge in [-0.15, -0.1) is 0 Å². The molecule has 0 spiro atoms. The molecule has 1 atom stereocenters. The van der Waals surface area contributed by atoms with Crippen LogP contribution in [0, 0.1) is 10.1 Å². The lowest BCUT2D eigenvalue weighted by atomic mass is 10.1. The van der Waals surface area contributed by atoms with Gasteiger partial charge in [-0.05, 0) is 64.7 Å². The summed E-state index contributed by atoms with van der Waals surface area (Å²) in [6, 6.07) is 3.36. The van der Waals surface area contributed by atoms with Gasteiger partial charge in [-0.3, -0.25) is 24.5 Å². The second kappa shape index (κ2) is 13.5. The quantitative estimate of drug-likeness (QED) is 0.0718. The number of hydroxylamine groups is 2. The molecular weight excluding hydrogens is 565 g/mol. The van der Waals surface area contributed by atoms with Crippen molar-refractivity contribution in [3.63, 3.8) is 0 Å². The molecule has 0 saturated carbocycles. The van der Waals surface area contributed by atoms with Crippen LogP contribution in [-0.2, 0) is 27.4 Å². The van der Waals surface area contributed by atoms with Crippen LogP contribution in [-0.4, -0.2) is 67.6 Å². The summed E-state index contributed by atoms with van der Waals surface area (Å²) in [7, 11) is -3.73. The topological polar surface area (TPSA) is 153 Å². The van der Waals surface area contributed by atoms with E-state index in [4.69, 9.17) is 22.4 Å². The van der Waals surface area contributed by atoms with Crippen LogP contribution in [0.4, 0.5) is 10.5 Å². The Morgan fingerprint density at radius 3 is 2.28 bits per heavy atom. The molecular formula is C23H37N2O11Si3. The molecule has 0 N–H and O–H groups in total. The first-order chi connectivity index (χ1) is 18.0. The fourth-order valence-electron chi connectivity index (χ4n) is 4.19. The van der Waals surface area contributed by atoms with Gasteiger partial charge in [-0.1, -0.05) is 5.06 Å². The number of benzene rings is 1. The van der Waals surface area contributed by atoms with Crippen molar-refractivity contribution in [2.45, 2.75) is 77.6 Å². The molecule has 1 heterocycles. The van der Waals surface area contributed by atoms with Gasteiger partial charge >= 0.3 is 14.7 Å². The molecule has 1 radical (unpaired) electrons. The predicted molar refractivity (Wildman–Crippen MR) is 146 cm³/mol. The third-order valence-corrected chi connectivity index (χ3v) is 14.9. The standard InChI is InChI=1S/C23H37N2O11Si3/c1-16(33-23(28)34-24-21(26)10-11-22(24)27)17-14-19(31-2)20(15-18(17)25(29)30)32-12-9-13-38(5,6)36-39(7,8)35-37(3)4/h14-16H,9-13H2,1-8H3. The summed E-state index contributed by atoms with van der Waals surface area (Å²) in [6.07, 6.45) is -2.00. The van der Waals surface area contributed by atoms with Crippen LogP contribution in [0.15, 0.2) is 12.1 Å². The zero-order valence-electron chi connectivity index (χ0n) is 23.7. The van der Waals surface area contributed by atoms with Crippen molar-refractivity contribution in [2.75, 3.05) is 13.7 Å².